The fourth-order valence-electron chi connectivity index (χ4n) is 2.36. The number of pyridine rings is 1. The second kappa shape index (κ2) is 8.06. The van der Waals surface area contributed by atoms with Crippen molar-refractivity contribution in [2.45, 2.75) is 53.1 Å². The van der Waals surface area contributed by atoms with Crippen LogP contribution in [0.3, 0.4) is 0 Å². The maximum absolute atomic E-state index is 12.0. The van der Waals surface area contributed by atoms with Crippen molar-refractivity contribution >= 4 is 17.2 Å². The summed E-state index contributed by atoms with van der Waals surface area (Å²) in [6, 6.07) is 5.12. The lowest BCUT2D eigenvalue weighted by Crippen LogP contribution is -2.27. The SMILES string of the molecule is CCCc1nc(C)c(CNC(=O)CCn2c(C)cccc2=O)s1. The number of carbonyl (C=O) groups excluding carboxylic acids is 1. The largest absolute Gasteiger partial charge is 0.351 e. The van der Waals surface area contributed by atoms with E-state index in [0.29, 0.717) is 19.5 Å². The monoisotopic (exact) mass is 333 g/mol. The Morgan fingerprint density at radius 2 is 2.13 bits per heavy atom. The standard InChI is InChI=1S/C17H23N3O2S/c1-4-6-16-19-13(3)14(23-16)11-18-15(21)9-10-20-12(2)7-5-8-17(20)22/h5,7-8H,4,6,9-11H2,1-3H3,(H,18,21). The van der Waals surface area contributed by atoms with Crippen LogP contribution in [0.25, 0.3) is 0 Å². The van der Waals surface area contributed by atoms with Crippen molar-refractivity contribution in [3.63, 3.8) is 0 Å². The van der Waals surface area contributed by atoms with E-state index in [-0.39, 0.29) is 11.5 Å². The van der Waals surface area contributed by atoms with Gasteiger partial charge in [-0.15, -0.1) is 11.3 Å². The Hall–Kier alpha value is -1.95. The van der Waals surface area contributed by atoms with Crippen LogP contribution >= 0.6 is 11.3 Å². The molecular weight excluding hydrogens is 310 g/mol. The minimum absolute atomic E-state index is 0.0509. The molecular formula is C17H23N3O2S. The van der Waals surface area contributed by atoms with Crippen molar-refractivity contribution in [3.05, 3.63) is 49.8 Å². The molecule has 1 N–H and O–H groups in total. The van der Waals surface area contributed by atoms with E-state index >= 15 is 0 Å². The molecule has 2 aromatic rings. The molecule has 0 aliphatic carbocycles. The predicted octanol–water partition coefficient (Wildman–Crippen LogP) is 2.58. The number of thiazole rings is 1. The molecule has 5 nitrogen and oxygen atoms in total. The first kappa shape index (κ1) is 17.4. The van der Waals surface area contributed by atoms with E-state index in [4.69, 9.17) is 0 Å². The Morgan fingerprint density at radius 3 is 2.83 bits per heavy atom. The van der Waals surface area contributed by atoms with Crippen molar-refractivity contribution in [2.24, 2.45) is 0 Å². The van der Waals surface area contributed by atoms with Gasteiger partial charge < -0.3 is 9.88 Å². The van der Waals surface area contributed by atoms with Crippen LogP contribution in [0.15, 0.2) is 23.0 Å². The van der Waals surface area contributed by atoms with E-state index in [9.17, 15) is 9.59 Å². The van der Waals surface area contributed by atoms with E-state index in [1.807, 2.05) is 19.9 Å². The molecule has 2 rings (SSSR count). The van der Waals surface area contributed by atoms with Gasteiger partial charge in [-0.05, 0) is 32.8 Å². The van der Waals surface area contributed by atoms with Gasteiger partial charge in [0.2, 0.25) is 5.91 Å². The molecule has 2 aromatic heterocycles. The number of aryl methyl sites for hydroxylation is 3. The molecule has 0 atom stereocenters. The van der Waals surface area contributed by atoms with Gasteiger partial charge in [0, 0.05) is 29.6 Å². The molecule has 0 aliphatic heterocycles. The van der Waals surface area contributed by atoms with Crippen molar-refractivity contribution in [1.82, 2.24) is 14.9 Å². The molecule has 0 radical (unpaired) electrons. The summed E-state index contributed by atoms with van der Waals surface area (Å²) in [7, 11) is 0. The Balaban J connectivity index is 1.87. The summed E-state index contributed by atoms with van der Waals surface area (Å²) in [5.41, 5.74) is 1.79. The van der Waals surface area contributed by atoms with E-state index in [0.717, 1.165) is 34.1 Å². The minimum Gasteiger partial charge on any atom is -0.351 e. The first-order valence-corrected chi connectivity index (χ1v) is 8.71. The molecule has 2 heterocycles. The van der Waals surface area contributed by atoms with Crippen LogP contribution in [0.5, 0.6) is 0 Å². The van der Waals surface area contributed by atoms with Crippen LogP contribution in [0.1, 0.15) is 41.0 Å². The van der Waals surface area contributed by atoms with Crippen LogP contribution < -0.4 is 10.9 Å². The number of aromatic nitrogens is 2. The Kier molecular flexibility index (Phi) is 6.10. The first-order chi connectivity index (χ1) is 11.0. The van der Waals surface area contributed by atoms with E-state index in [1.165, 1.54) is 6.07 Å². The minimum atomic E-state index is -0.0692. The normalized spacial score (nSPS) is 10.7. The third-order valence-corrected chi connectivity index (χ3v) is 4.89. The predicted molar refractivity (Wildman–Crippen MR) is 92.7 cm³/mol. The van der Waals surface area contributed by atoms with Gasteiger partial charge in [-0.25, -0.2) is 4.98 Å². The maximum Gasteiger partial charge on any atom is 0.250 e. The van der Waals surface area contributed by atoms with Crippen molar-refractivity contribution in [2.75, 3.05) is 0 Å². The van der Waals surface area contributed by atoms with Gasteiger partial charge in [-0.3, -0.25) is 9.59 Å². The molecule has 0 spiro atoms. The zero-order valence-electron chi connectivity index (χ0n) is 13.9. The third-order valence-electron chi connectivity index (χ3n) is 3.68. The molecule has 1 amide bonds. The van der Waals surface area contributed by atoms with Crippen molar-refractivity contribution < 1.29 is 4.79 Å². The van der Waals surface area contributed by atoms with E-state index in [1.54, 1.807) is 22.0 Å². The lowest BCUT2D eigenvalue weighted by molar-refractivity contribution is -0.121. The highest BCUT2D eigenvalue weighted by atomic mass is 32.1. The van der Waals surface area contributed by atoms with E-state index < -0.39 is 0 Å². The number of carbonyl (C=O) groups is 1. The van der Waals surface area contributed by atoms with Gasteiger partial charge in [0.1, 0.15) is 0 Å². The second-order valence-corrected chi connectivity index (χ2v) is 6.72. The van der Waals surface area contributed by atoms with Crippen LogP contribution in [-0.4, -0.2) is 15.5 Å². The maximum atomic E-state index is 12.0. The highest BCUT2D eigenvalue weighted by molar-refractivity contribution is 7.11. The molecule has 0 aromatic carbocycles. The smallest absolute Gasteiger partial charge is 0.250 e. The zero-order chi connectivity index (χ0) is 16.8. The summed E-state index contributed by atoms with van der Waals surface area (Å²) in [5, 5.41) is 4.05. The topological polar surface area (TPSA) is 64.0 Å². The van der Waals surface area contributed by atoms with Gasteiger partial charge in [0.05, 0.1) is 17.2 Å². The Bertz CT molecular complexity index is 734. The van der Waals surface area contributed by atoms with Crippen LogP contribution in [0, 0.1) is 13.8 Å². The fourth-order valence-corrected chi connectivity index (χ4v) is 3.47. The first-order valence-electron chi connectivity index (χ1n) is 7.89. The van der Waals surface area contributed by atoms with Crippen LogP contribution in [-0.2, 0) is 24.3 Å². The Morgan fingerprint density at radius 1 is 1.35 bits per heavy atom. The second-order valence-electron chi connectivity index (χ2n) is 5.55. The summed E-state index contributed by atoms with van der Waals surface area (Å²) in [5.74, 6) is -0.0509. The Labute approximate surface area is 140 Å². The molecule has 0 aliphatic rings. The lowest BCUT2D eigenvalue weighted by Gasteiger charge is -2.09. The average molecular weight is 333 g/mol. The summed E-state index contributed by atoms with van der Waals surface area (Å²) in [6.45, 7) is 6.89. The number of hydrogen-bond donors (Lipinski definition) is 1. The summed E-state index contributed by atoms with van der Waals surface area (Å²) in [4.78, 5) is 29.4. The van der Waals surface area contributed by atoms with Gasteiger partial charge in [0.15, 0.2) is 0 Å². The fraction of sp³-hybridized carbons (Fsp3) is 0.471. The molecule has 0 fully saturated rings. The lowest BCUT2D eigenvalue weighted by atomic mass is 10.3. The quantitative estimate of drug-likeness (QED) is 0.847. The van der Waals surface area contributed by atoms with Gasteiger partial charge in [0.25, 0.3) is 5.56 Å². The number of nitrogens with zero attached hydrogens (tertiary/aromatic N) is 2. The third kappa shape index (κ3) is 4.76. The molecule has 0 saturated carbocycles. The molecule has 0 saturated heterocycles. The number of rotatable bonds is 7. The van der Waals surface area contributed by atoms with Gasteiger partial charge in [-0.2, -0.15) is 0 Å². The summed E-state index contributed by atoms with van der Waals surface area (Å²) in [6.07, 6.45) is 2.35. The zero-order valence-corrected chi connectivity index (χ0v) is 14.7. The summed E-state index contributed by atoms with van der Waals surface area (Å²) < 4.78 is 1.62. The van der Waals surface area contributed by atoms with E-state index in [2.05, 4.69) is 17.2 Å². The van der Waals surface area contributed by atoms with Crippen LogP contribution in [0.2, 0.25) is 0 Å². The van der Waals surface area contributed by atoms with Crippen molar-refractivity contribution in [3.8, 4) is 0 Å². The van der Waals surface area contributed by atoms with Crippen molar-refractivity contribution in [1.29, 1.82) is 0 Å². The van der Waals surface area contributed by atoms with Crippen LogP contribution in [0.4, 0.5) is 0 Å². The average Bonchev–Trinajstić information content (AvgIpc) is 2.85. The van der Waals surface area contributed by atoms with Gasteiger partial charge in [-0.1, -0.05) is 13.0 Å². The molecule has 23 heavy (non-hydrogen) atoms. The highest BCUT2D eigenvalue weighted by Crippen LogP contribution is 2.19. The highest BCUT2D eigenvalue weighted by Gasteiger charge is 2.09. The van der Waals surface area contributed by atoms with Gasteiger partial charge >= 0.3 is 0 Å². The molecule has 0 unspecified atom stereocenters. The molecule has 0 bridgehead atoms. The number of nitrogens with one attached hydrogen (secondary N) is 1. The molecule has 124 valence electrons. The number of amides is 1. The molecule has 6 heteroatoms. The number of hydrogen-bond acceptors (Lipinski definition) is 4. The summed E-state index contributed by atoms with van der Waals surface area (Å²) >= 11 is 1.66.